The molecule has 10 heteroatoms. The molecule has 0 aliphatic heterocycles. The van der Waals surface area contributed by atoms with Crippen molar-refractivity contribution in [3.05, 3.63) is 12.2 Å². The Morgan fingerprint density at radius 2 is 0.981 bits per heavy atom. The zero-order chi connectivity index (χ0) is 38.6. The maximum absolute atomic E-state index is 12.7. The Balaban J connectivity index is 4.38. The van der Waals surface area contributed by atoms with Gasteiger partial charge in [0.05, 0.1) is 27.7 Å². The third-order valence-corrected chi connectivity index (χ3v) is 10.3. The first-order valence-corrected chi connectivity index (χ1v) is 22.9. The van der Waals surface area contributed by atoms with E-state index in [1.54, 1.807) is 0 Å². The third-order valence-electron chi connectivity index (χ3n) is 9.30. The topological polar surface area (TPSA) is 108 Å². The van der Waals surface area contributed by atoms with Crippen LogP contribution in [0.25, 0.3) is 0 Å². The number of phosphoric ester groups is 1. The second-order valence-electron chi connectivity index (χ2n) is 15.7. The number of phosphoric acid groups is 1. The van der Waals surface area contributed by atoms with Crippen LogP contribution in [0.1, 0.15) is 194 Å². The predicted molar refractivity (Wildman–Crippen MR) is 215 cm³/mol. The molecule has 0 rings (SSSR count). The molecule has 0 radical (unpaired) electrons. The minimum absolute atomic E-state index is 0.0326. The molecule has 0 aromatic rings. The summed E-state index contributed by atoms with van der Waals surface area (Å²) in [6.45, 7) is 4.42. The van der Waals surface area contributed by atoms with Crippen molar-refractivity contribution in [2.24, 2.45) is 0 Å². The standard InChI is InChI=1S/C42H82NO8P/c1-6-8-10-12-14-16-18-20-21-23-25-27-29-31-33-35-42(45)51-40(39-50-52(46,47)49-37-36-43(3,4)5)38-48-41(44)34-32-30-28-26-24-22-19-17-15-13-11-9-7-2/h21,23,40H,6-20,22,24-39H2,1-5H3/p+1/b23-21-/t40-/m1/s1. The average Bonchev–Trinajstić information content (AvgIpc) is 3.09. The number of nitrogens with zero attached hydrogens (tertiary/aromatic N) is 1. The SMILES string of the molecule is CCCCCCCCC/C=C\CCCCCCC(=O)O[C@H](COC(=O)CCCCCCCCCCCCCCC)COP(=O)(O)OCC[N+](C)(C)C. The molecule has 1 unspecified atom stereocenters. The van der Waals surface area contributed by atoms with Crippen molar-refractivity contribution in [1.29, 1.82) is 0 Å². The summed E-state index contributed by atoms with van der Waals surface area (Å²) in [5.41, 5.74) is 0. The van der Waals surface area contributed by atoms with Crippen molar-refractivity contribution >= 4 is 19.8 Å². The Bertz CT molecular complexity index is 907. The van der Waals surface area contributed by atoms with Crippen LogP contribution in [-0.4, -0.2) is 74.9 Å². The van der Waals surface area contributed by atoms with Crippen LogP contribution in [0.5, 0.6) is 0 Å². The average molecular weight is 761 g/mol. The normalized spacial score (nSPS) is 13.7. The van der Waals surface area contributed by atoms with E-state index >= 15 is 0 Å². The van der Waals surface area contributed by atoms with Gasteiger partial charge >= 0.3 is 19.8 Å². The van der Waals surface area contributed by atoms with Gasteiger partial charge in [0.2, 0.25) is 0 Å². The van der Waals surface area contributed by atoms with E-state index in [1.165, 1.54) is 109 Å². The molecule has 308 valence electrons. The molecule has 0 aliphatic carbocycles. The van der Waals surface area contributed by atoms with Gasteiger partial charge in [-0.25, -0.2) is 4.57 Å². The molecule has 2 atom stereocenters. The molecule has 0 fully saturated rings. The summed E-state index contributed by atoms with van der Waals surface area (Å²) in [5.74, 6) is -0.804. The number of allylic oxidation sites excluding steroid dienone is 2. The Labute approximate surface area is 320 Å². The zero-order valence-corrected chi connectivity index (χ0v) is 35.5. The number of esters is 2. The first-order chi connectivity index (χ1) is 25.0. The number of carbonyl (C=O) groups is 2. The van der Waals surface area contributed by atoms with E-state index in [4.69, 9.17) is 18.5 Å². The number of carbonyl (C=O) groups excluding carboxylic acids is 2. The summed E-state index contributed by atoms with van der Waals surface area (Å²) < 4.78 is 34.2. The lowest BCUT2D eigenvalue weighted by atomic mass is 10.0. The van der Waals surface area contributed by atoms with Crippen molar-refractivity contribution in [1.82, 2.24) is 0 Å². The molecule has 9 nitrogen and oxygen atoms in total. The Morgan fingerprint density at radius 1 is 0.577 bits per heavy atom. The fourth-order valence-electron chi connectivity index (χ4n) is 5.89. The second-order valence-corrected chi connectivity index (χ2v) is 17.2. The largest absolute Gasteiger partial charge is 0.472 e. The summed E-state index contributed by atoms with van der Waals surface area (Å²) in [7, 11) is 1.48. The highest BCUT2D eigenvalue weighted by atomic mass is 31.2. The van der Waals surface area contributed by atoms with Crippen LogP contribution >= 0.6 is 7.82 Å². The number of likely N-dealkylation sites (N-methyl/N-ethyl adjacent to an activating group) is 1. The minimum Gasteiger partial charge on any atom is -0.462 e. The fraction of sp³-hybridized carbons (Fsp3) is 0.905. The van der Waals surface area contributed by atoms with Crippen LogP contribution in [0.4, 0.5) is 0 Å². The lowest BCUT2D eigenvalue weighted by Crippen LogP contribution is -2.37. The van der Waals surface area contributed by atoms with Crippen LogP contribution in [0.15, 0.2) is 12.2 Å². The lowest BCUT2D eigenvalue weighted by Gasteiger charge is -2.24. The van der Waals surface area contributed by atoms with E-state index in [0.29, 0.717) is 23.9 Å². The summed E-state index contributed by atoms with van der Waals surface area (Å²) in [6, 6.07) is 0. The maximum Gasteiger partial charge on any atom is 0.472 e. The quantitative estimate of drug-likeness (QED) is 0.0217. The molecule has 0 aromatic heterocycles. The first kappa shape index (κ1) is 50.8. The van der Waals surface area contributed by atoms with Gasteiger partial charge in [-0.2, -0.15) is 0 Å². The van der Waals surface area contributed by atoms with E-state index in [1.807, 2.05) is 21.1 Å². The van der Waals surface area contributed by atoms with Crippen LogP contribution in [0.2, 0.25) is 0 Å². The van der Waals surface area contributed by atoms with Crippen LogP contribution < -0.4 is 0 Å². The smallest absolute Gasteiger partial charge is 0.462 e. The van der Waals surface area contributed by atoms with Gasteiger partial charge in [0.15, 0.2) is 6.10 Å². The first-order valence-electron chi connectivity index (χ1n) is 21.4. The van der Waals surface area contributed by atoms with Gasteiger partial charge in [-0.15, -0.1) is 0 Å². The van der Waals surface area contributed by atoms with E-state index in [2.05, 4.69) is 26.0 Å². The molecule has 0 aliphatic rings. The molecule has 0 saturated carbocycles. The van der Waals surface area contributed by atoms with Gasteiger partial charge in [-0.3, -0.25) is 18.6 Å². The molecule has 0 saturated heterocycles. The number of quaternary nitrogens is 1. The number of ether oxygens (including phenoxy) is 2. The van der Waals surface area contributed by atoms with Crippen LogP contribution in [0.3, 0.4) is 0 Å². The van der Waals surface area contributed by atoms with E-state index < -0.39 is 26.5 Å². The van der Waals surface area contributed by atoms with Gasteiger partial charge in [0, 0.05) is 12.8 Å². The van der Waals surface area contributed by atoms with Crippen molar-refractivity contribution in [3.63, 3.8) is 0 Å². The summed E-state index contributed by atoms with van der Waals surface area (Å²) in [6.07, 6.45) is 35.4. The maximum atomic E-state index is 12.7. The zero-order valence-electron chi connectivity index (χ0n) is 34.6. The number of unbranched alkanes of at least 4 members (excludes halogenated alkanes) is 23. The molecule has 0 aromatic carbocycles. The minimum atomic E-state index is -4.37. The highest BCUT2D eigenvalue weighted by molar-refractivity contribution is 7.47. The van der Waals surface area contributed by atoms with Gasteiger partial charge in [0.25, 0.3) is 0 Å². The summed E-state index contributed by atoms with van der Waals surface area (Å²) in [4.78, 5) is 35.3. The van der Waals surface area contributed by atoms with Crippen LogP contribution in [0, 0.1) is 0 Å². The van der Waals surface area contributed by atoms with Crippen molar-refractivity contribution in [3.8, 4) is 0 Å². The summed E-state index contributed by atoms with van der Waals surface area (Å²) in [5, 5.41) is 0. The highest BCUT2D eigenvalue weighted by Gasteiger charge is 2.27. The number of rotatable bonds is 39. The molecular weight excluding hydrogens is 677 g/mol. The predicted octanol–water partition coefficient (Wildman–Crippen LogP) is 11.8. The second kappa shape index (κ2) is 35.5. The number of hydrogen-bond donors (Lipinski definition) is 1. The fourth-order valence-corrected chi connectivity index (χ4v) is 6.63. The van der Waals surface area contributed by atoms with Gasteiger partial charge in [-0.05, 0) is 38.5 Å². The van der Waals surface area contributed by atoms with Crippen molar-refractivity contribution in [2.75, 3.05) is 47.5 Å². The third kappa shape index (κ3) is 38.5. The monoisotopic (exact) mass is 761 g/mol. The van der Waals surface area contributed by atoms with Crippen molar-refractivity contribution < 1.29 is 42.1 Å². The highest BCUT2D eigenvalue weighted by Crippen LogP contribution is 2.43. The van der Waals surface area contributed by atoms with E-state index in [-0.39, 0.29) is 25.6 Å². The molecule has 1 N–H and O–H groups in total. The lowest BCUT2D eigenvalue weighted by molar-refractivity contribution is -0.870. The molecular formula is C42H83NO8P+. The van der Waals surface area contributed by atoms with E-state index in [9.17, 15) is 19.0 Å². The Hall–Kier alpha value is -1.25. The number of hydrogen-bond acceptors (Lipinski definition) is 7. The van der Waals surface area contributed by atoms with E-state index in [0.717, 1.165) is 51.4 Å². The molecule has 0 heterocycles. The Kier molecular flexibility index (Phi) is 34.6. The molecule has 0 spiro atoms. The van der Waals surface area contributed by atoms with Crippen LogP contribution in [-0.2, 0) is 32.7 Å². The van der Waals surface area contributed by atoms with Crippen molar-refractivity contribution in [2.45, 2.75) is 200 Å². The molecule has 0 bridgehead atoms. The van der Waals surface area contributed by atoms with Gasteiger partial charge in [0.1, 0.15) is 19.8 Å². The molecule has 0 amide bonds. The van der Waals surface area contributed by atoms with Gasteiger partial charge < -0.3 is 18.9 Å². The Morgan fingerprint density at radius 3 is 1.42 bits per heavy atom. The molecule has 52 heavy (non-hydrogen) atoms. The summed E-state index contributed by atoms with van der Waals surface area (Å²) >= 11 is 0. The van der Waals surface area contributed by atoms with Gasteiger partial charge in [-0.1, -0.05) is 154 Å².